The van der Waals surface area contributed by atoms with Gasteiger partial charge in [0.2, 0.25) is 0 Å². The zero-order valence-corrected chi connectivity index (χ0v) is 41.6. The Bertz CT molecular complexity index is 2130. The molecule has 0 radical (unpaired) electrons. The van der Waals surface area contributed by atoms with Crippen LogP contribution in [-0.4, -0.2) is 46.0 Å². The zero-order chi connectivity index (χ0) is 48.9. The number of carbonyl (C=O) groups excluding carboxylic acids is 3. The second-order valence-electron chi connectivity index (χ2n) is 19.2. The Morgan fingerprint density at radius 2 is 1.17 bits per heavy atom. The first-order valence-corrected chi connectivity index (χ1v) is 24.9. The molecular formula is C57H73F4NO3S. The van der Waals surface area contributed by atoms with E-state index >= 15 is 0 Å². The molecule has 2 amide bonds. The van der Waals surface area contributed by atoms with Gasteiger partial charge in [-0.1, -0.05) is 165 Å². The fraction of sp³-hybridized carbons (Fsp3) is 0.526. The summed E-state index contributed by atoms with van der Waals surface area (Å²) in [5, 5.41) is 0.221. The van der Waals surface area contributed by atoms with Crippen LogP contribution in [0.5, 0.6) is 0 Å². The molecule has 0 saturated carbocycles. The van der Waals surface area contributed by atoms with Crippen LogP contribution < -0.4 is 0 Å². The van der Waals surface area contributed by atoms with Crippen LogP contribution in [0.15, 0.2) is 84.9 Å². The molecule has 3 aromatic rings. The molecule has 0 fully saturated rings. The van der Waals surface area contributed by atoms with E-state index in [9.17, 15) is 31.9 Å². The molecular weight excluding hydrogens is 855 g/mol. The summed E-state index contributed by atoms with van der Waals surface area (Å²) in [4.78, 5) is 34.1. The van der Waals surface area contributed by atoms with Crippen molar-refractivity contribution in [2.75, 3.05) is 12.3 Å². The number of imide groups is 1. The van der Waals surface area contributed by atoms with E-state index < -0.39 is 23.7 Å². The highest BCUT2D eigenvalue weighted by molar-refractivity contribution is 8.13. The van der Waals surface area contributed by atoms with Crippen molar-refractivity contribution in [3.63, 3.8) is 0 Å². The van der Waals surface area contributed by atoms with Crippen LogP contribution in [0.3, 0.4) is 0 Å². The molecule has 2 atom stereocenters. The number of fused-ring (bicyclic) bond motifs is 2. The molecule has 4 nitrogen and oxygen atoms in total. The van der Waals surface area contributed by atoms with Crippen molar-refractivity contribution in [2.45, 2.75) is 151 Å². The standard InChI is InChI=1S/C22H22F2.C16H18F2.C13H21NO2.C6H12OS/c1-16(2)18-9-7-17(8-10-18)15-21-12-11-19-5-3-4-6-20(19)13-14-22(21,23)24;1-12(2)11-15-8-7-13-5-3-4-6-14(13)9-10-16(15,17)18;1-11(2)7-5-3-4-6-10-14-12(15)8-9-13(14)16;1-5(2)4-8-6(3)7/h3-10,16,21H,11-12,15H2,1-2H3;3-6,12,15H,7-8,11H2,1-2H3;8-9,11H,3-7,10H2,1-2H3;5H,4H2,1-3H3. The number of hydrogen-bond acceptors (Lipinski definition) is 4. The number of benzene rings is 3. The van der Waals surface area contributed by atoms with Gasteiger partial charge in [0.25, 0.3) is 11.8 Å². The third kappa shape index (κ3) is 20.1. The van der Waals surface area contributed by atoms with Crippen molar-refractivity contribution < 1.29 is 31.9 Å². The van der Waals surface area contributed by atoms with E-state index in [0.29, 0.717) is 56.9 Å². The van der Waals surface area contributed by atoms with Crippen LogP contribution in [0.2, 0.25) is 0 Å². The number of thioether (sulfide) groups is 1. The molecule has 0 spiro atoms. The molecule has 0 bridgehead atoms. The summed E-state index contributed by atoms with van der Waals surface area (Å²) in [5.41, 5.74) is 5.84. The summed E-state index contributed by atoms with van der Waals surface area (Å²) < 4.78 is 57.0. The lowest BCUT2D eigenvalue weighted by molar-refractivity contribution is -0.136. The first-order chi connectivity index (χ1) is 31.2. The molecule has 66 heavy (non-hydrogen) atoms. The number of rotatable bonds is 14. The van der Waals surface area contributed by atoms with Gasteiger partial charge >= 0.3 is 11.8 Å². The molecule has 358 valence electrons. The van der Waals surface area contributed by atoms with E-state index in [1.54, 1.807) is 6.92 Å². The van der Waals surface area contributed by atoms with Crippen molar-refractivity contribution in [1.82, 2.24) is 4.90 Å². The Morgan fingerprint density at radius 3 is 1.64 bits per heavy atom. The van der Waals surface area contributed by atoms with E-state index in [-0.39, 0.29) is 22.8 Å². The minimum Gasteiger partial charge on any atom is -0.288 e. The van der Waals surface area contributed by atoms with Crippen molar-refractivity contribution in [3.8, 4) is 23.7 Å². The second-order valence-corrected chi connectivity index (χ2v) is 20.4. The third-order valence-electron chi connectivity index (χ3n) is 11.6. The highest BCUT2D eigenvalue weighted by atomic mass is 32.2. The quantitative estimate of drug-likeness (QED) is 0.0700. The summed E-state index contributed by atoms with van der Waals surface area (Å²) in [6.07, 6.45) is 11.6. The maximum absolute atomic E-state index is 14.5. The SMILES string of the molecule is CC(=O)SCC(C)C.CC(C)CC1CCc2ccccc2C#CC1(F)F.CC(C)CCCCCCN1C(=O)C=CC1=O.CC(C)c1ccc(CC2CCc3ccccc3C#CC2(F)F)cc1. The average Bonchev–Trinajstić information content (AvgIpc) is 3.58. The molecule has 9 heteroatoms. The smallest absolute Gasteiger partial charge is 0.288 e. The second kappa shape index (κ2) is 27.9. The van der Waals surface area contributed by atoms with Crippen molar-refractivity contribution in [1.29, 1.82) is 0 Å². The minimum absolute atomic E-state index is 0.160. The summed E-state index contributed by atoms with van der Waals surface area (Å²) in [5.74, 6) is 5.34. The number of aryl methyl sites for hydroxylation is 2. The lowest BCUT2D eigenvalue weighted by atomic mass is 9.84. The molecule has 3 aromatic carbocycles. The molecule has 2 aliphatic carbocycles. The van der Waals surface area contributed by atoms with Crippen LogP contribution in [0, 0.1) is 53.3 Å². The summed E-state index contributed by atoms with van der Waals surface area (Å²) in [6.45, 7) is 19.1. The van der Waals surface area contributed by atoms with Gasteiger partial charge in [-0.15, -0.1) is 0 Å². The van der Waals surface area contributed by atoms with E-state index in [2.05, 4.69) is 65.2 Å². The van der Waals surface area contributed by atoms with Crippen LogP contribution in [-0.2, 0) is 33.6 Å². The largest absolute Gasteiger partial charge is 0.311 e. The van der Waals surface area contributed by atoms with Gasteiger partial charge in [-0.05, 0) is 115 Å². The van der Waals surface area contributed by atoms with E-state index in [1.165, 1.54) is 53.6 Å². The lowest BCUT2D eigenvalue weighted by Gasteiger charge is -2.25. The molecule has 6 rings (SSSR count). The molecule has 0 N–H and O–H groups in total. The number of alkyl halides is 4. The topological polar surface area (TPSA) is 54.5 Å². The van der Waals surface area contributed by atoms with Gasteiger partial charge in [0.05, 0.1) is 0 Å². The first kappa shape index (κ1) is 55.7. The minimum atomic E-state index is -2.95. The lowest BCUT2D eigenvalue weighted by Crippen LogP contribution is -2.30. The number of halogens is 4. The number of unbranched alkanes of at least 4 members (excludes halogenated alkanes) is 3. The Morgan fingerprint density at radius 1 is 0.667 bits per heavy atom. The number of carbonyl (C=O) groups is 3. The highest BCUT2D eigenvalue weighted by Gasteiger charge is 2.39. The predicted molar refractivity (Wildman–Crippen MR) is 266 cm³/mol. The monoisotopic (exact) mass is 928 g/mol. The van der Waals surface area contributed by atoms with Gasteiger partial charge in [0.15, 0.2) is 5.12 Å². The van der Waals surface area contributed by atoms with Crippen LogP contribution in [0.4, 0.5) is 17.6 Å². The van der Waals surface area contributed by atoms with Gasteiger partial charge in [-0.25, -0.2) is 0 Å². The van der Waals surface area contributed by atoms with Crippen LogP contribution in [0.25, 0.3) is 0 Å². The van der Waals surface area contributed by atoms with Gasteiger partial charge in [0.1, 0.15) is 0 Å². The van der Waals surface area contributed by atoms with E-state index in [0.717, 1.165) is 52.3 Å². The maximum Gasteiger partial charge on any atom is 0.311 e. The first-order valence-electron chi connectivity index (χ1n) is 23.9. The van der Waals surface area contributed by atoms with Gasteiger partial charge in [-0.2, -0.15) is 17.6 Å². The van der Waals surface area contributed by atoms with Crippen LogP contribution in [0.1, 0.15) is 153 Å². The Kier molecular flexibility index (Phi) is 23.6. The predicted octanol–water partition coefficient (Wildman–Crippen LogP) is 14.3. The Hall–Kier alpha value is -4.60. The highest BCUT2D eigenvalue weighted by Crippen LogP contribution is 2.36. The Balaban J connectivity index is 0.000000247. The fourth-order valence-corrected chi connectivity index (χ4v) is 8.32. The third-order valence-corrected chi connectivity index (χ3v) is 12.9. The molecule has 3 aliphatic rings. The number of hydrogen-bond donors (Lipinski definition) is 0. The summed E-state index contributed by atoms with van der Waals surface area (Å²) in [7, 11) is 0. The van der Waals surface area contributed by atoms with Crippen molar-refractivity contribution in [3.05, 3.63) is 118 Å². The van der Waals surface area contributed by atoms with Gasteiger partial charge in [0, 0.05) is 54.3 Å². The molecule has 0 saturated heterocycles. The zero-order valence-electron chi connectivity index (χ0n) is 40.8. The van der Waals surface area contributed by atoms with Crippen molar-refractivity contribution >= 4 is 28.7 Å². The number of amides is 2. The maximum atomic E-state index is 14.5. The summed E-state index contributed by atoms with van der Waals surface area (Å²) in [6, 6.07) is 23.2. The van der Waals surface area contributed by atoms with Crippen molar-refractivity contribution in [2.24, 2.45) is 29.6 Å². The number of nitrogens with zero attached hydrogens (tertiary/aromatic N) is 1. The molecule has 0 aromatic heterocycles. The van der Waals surface area contributed by atoms with E-state index in [4.69, 9.17) is 0 Å². The Labute approximate surface area is 398 Å². The molecule has 1 aliphatic heterocycles. The normalized spacial score (nSPS) is 17.7. The molecule has 1 heterocycles. The van der Waals surface area contributed by atoms with Gasteiger partial charge < -0.3 is 0 Å². The van der Waals surface area contributed by atoms with Crippen LogP contribution >= 0.6 is 11.8 Å². The summed E-state index contributed by atoms with van der Waals surface area (Å²) >= 11 is 1.40. The fourth-order valence-electron chi connectivity index (χ4n) is 7.75. The molecule has 2 unspecified atom stereocenters. The van der Waals surface area contributed by atoms with Gasteiger partial charge in [-0.3, -0.25) is 19.3 Å². The average molecular weight is 928 g/mol. The van der Waals surface area contributed by atoms with E-state index in [1.807, 2.05) is 86.6 Å².